The molecule has 168 valence electrons. The summed E-state index contributed by atoms with van der Waals surface area (Å²) in [4.78, 5) is 9.91. The van der Waals surface area contributed by atoms with Crippen molar-refractivity contribution in [3.63, 3.8) is 0 Å². The fraction of sp³-hybridized carbons (Fsp3) is 0.238. The van der Waals surface area contributed by atoms with E-state index in [1.807, 2.05) is 0 Å². The third-order valence-corrected chi connectivity index (χ3v) is 7.04. The number of hydrogen-bond donors (Lipinski definition) is 0. The number of benzene rings is 2. The summed E-state index contributed by atoms with van der Waals surface area (Å²) in [5.41, 5.74) is -0.158. The van der Waals surface area contributed by atoms with Crippen LogP contribution in [0.25, 0.3) is 11.3 Å². The number of aromatic nitrogens is 2. The van der Waals surface area contributed by atoms with Crippen LogP contribution in [0.4, 0.5) is 23.5 Å². The second-order valence-corrected chi connectivity index (χ2v) is 9.05. The van der Waals surface area contributed by atoms with Crippen LogP contribution >= 0.6 is 0 Å². The van der Waals surface area contributed by atoms with E-state index in [4.69, 9.17) is 0 Å². The van der Waals surface area contributed by atoms with E-state index < -0.39 is 27.6 Å². The number of hydrogen-bond acceptors (Lipinski definition) is 5. The summed E-state index contributed by atoms with van der Waals surface area (Å²) in [5, 5.41) is 0. The van der Waals surface area contributed by atoms with Crippen LogP contribution in [0.15, 0.2) is 65.7 Å². The van der Waals surface area contributed by atoms with E-state index in [0.717, 1.165) is 18.2 Å². The molecular weight excluding hydrogens is 448 g/mol. The number of piperazine rings is 1. The van der Waals surface area contributed by atoms with E-state index >= 15 is 0 Å². The zero-order chi connectivity index (χ0) is 22.9. The minimum Gasteiger partial charge on any atom is -0.338 e. The van der Waals surface area contributed by atoms with E-state index in [2.05, 4.69) is 9.97 Å². The predicted molar refractivity (Wildman–Crippen MR) is 110 cm³/mol. The van der Waals surface area contributed by atoms with Crippen LogP contribution in [-0.4, -0.2) is 48.9 Å². The van der Waals surface area contributed by atoms with Gasteiger partial charge in [-0.2, -0.15) is 17.5 Å². The van der Waals surface area contributed by atoms with Gasteiger partial charge in [0.25, 0.3) is 0 Å². The molecule has 0 atom stereocenters. The molecular formula is C21H18F4N4O2S. The molecule has 0 amide bonds. The van der Waals surface area contributed by atoms with Gasteiger partial charge in [0.2, 0.25) is 16.0 Å². The van der Waals surface area contributed by atoms with Gasteiger partial charge in [-0.3, -0.25) is 0 Å². The molecule has 0 unspecified atom stereocenters. The number of sulfonamides is 1. The Labute approximate surface area is 182 Å². The standard InChI is InChI=1S/C21H18F4N4O2S/c22-17-6-1-2-7-19(17)32(30,31)29-12-10-28(11-13-29)20-26-9-8-18(27-20)15-4-3-5-16(14-15)21(23,24)25/h1-9,14H,10-13H2. The summed E-state index contributed by atoms with van der Waals surface area (Å²) >= 11 is 0. The summed E-state index contributed by atoms with van der Waals surface area (Å²) in [6.07, 6.45) is -3.02. The Bertz CT molecular complexity index is 1230. The molecule has 32 heavy (non-hydrogen) atoms. The van der Waals surface area contributed by atoms with Crippen molar-refractivity contribution in [3.8, 4) is 11.3 Å². The Morgan fingerprint density at radius 2 is 1.62 bits per heavy atom. The average molecular weight is 466 g/mol. The predicted octanol–water partition coefficient (Wildman–Crippen LogP) is 3.81. The summed E-state index contributed by atoms with van der Waals surface area (Å²) in [6, 6.07) is 11.5. The Kier molecular flexibility index (Phi) is 5.87. The van der Waals surface area contributed by atoms with Crippen molar-refractivity contribution in [3.05, 3.63) is 72.2 Å². The molecule has 1 aliphatic heterocycles. The maximum absolute atomic E-state index is 14.0. The third-order valence-electron chi connectivity index (χ3n) is 5.10. The van der Waals surface area contributed by atoms with Gasteiger partial charge in [-0.25, -0.2) is 22.8 Å². The molecule has 1 aromatic heterocycles. The van der Waals surface area contributed by atoms with Crippen molar-refractivity contribution >= 4 is 16.0 Å². The molecule has 0 bridgehead atoms. The van der Waals surface area contributed by atoms with Crippen LogP contribution in [0.2, 0.25) is 0 Å². The summed E-state index contributed by atoms with van der Waals surface area (Å²) in [7, 11) is -3.98. The highest BCUT2D eigenvalue weighted by molar-refractivity contribution is 7.89. The molecule has 0 N–H and O–H groups in total. The molecule has 6 nitrogen and oxygen atoms in total. The Morgan fingerprint density at radius 1 is 0.906 bits per heavy atom. The lowest BCUT2D eigenvalue weighted by molar-refractivity contribution is -0.137. The van der Waals surface area contributed by atoms with E-state index in [1.165, 1.54) is 46.9 Å². The lowest BCUT2D eigenvalue weighted by atomic mass is 10.1. The van der Waals surface area contributed by atoms with Crippen LogP contribution < -0.4 is 4.90 Å². The lowest BCUT2D eigenvalue weighted by Gasteiger charge is -2.34. The number of nitrogens with zero attached hydrogens (tertiary/aromatic N) is 4. The van der Waals surface area contributed by atoms with E-state index in [1.54, 1.807) is 4.90 Å². The first-order valence-corrected chi connectivity index (χ1v) is 11.1. The van der Waals surface area contributed by atoms with Crippen LogP contribution in [0.1, 0.15) is 5.56 Å². The minimum absolute atomic E-state index is 0.0911. The molecule has 2 heterocycles. The maximum Gasteiger partial charge on any atom is 0.416 e. The molecule has 2 aromatic carbocycles. The van der Waals surface area contributed by atoms with Crippen molar-refractivity contribution < 1.29 is 26.0 Å². The molecule has 4 rings (SSSR count). The summed E-state index contributed by atoms with van der Waals surface area (Å²) in [6.45, 7) is 0.682. The Balaban J connectivity index is 1.51. The Hall–Kier alpha value is -3.05. The van der Waals surface area contributed by atoms with E-state index in [-0.39, 0.29) is 37.0 Å². The van der Waals surface area contributed by atoms with Gasteiger partial charge < -0.3 is 4.90 Å². The van der Waals surface area contributed by atoms with Crippen molar-refractivity contribution in [1.82, 2.24) is 14.3 Å². The topological polar surface area (TPSA) is 66.4 Å². The van der Waals surface area contributed by atoms with Gasteiger partial charge >= 0.3 is 6.18 Å². The lowest BCUT2D eigenvalue weighted by Crippen LogP contribution is -2.49. The third kappa shape index (κ3) is 4.44. The molecule has 1 saturated heterocycles. The number of rotatable bonds is 4. The van der Waals surface area contributed by atoms with Crippen LogP contribution in [0.5, 0.6) is 0 Å². The van der Waals surface area contributed by atoms with Crippen molar-refractivity contribution in [1.29, 1.82) is 0 Å². The van der Waals surface area contributed by atoms with Gasteiger partial charge in [0.05, 0.1) is 11.3 Å². The van der Waals surface area contributed by atoms with E-state index in [0.29, 0.717) is 11.3 Å². The van der Waals surface area contributed by atoms with Gasteiger partial charge in [0.1, 0.15) is 10.7 Å². The SMILES string of the molecule is O=S(=O)(c1ccccc1F)N1CCN(c2nccc(-c3cccc(C(F)(F)F)c3)n2)CC1. The van der Waals surface area contributed by atoms with Crippen molar-refractivity contribution in [2.75, 3.05) is 31.1 Å². The van der Waals surface area contributed by atoms with Crippen LogP contribution in [0.3, 0.4) is 0 Å². The van der Waals surface area contributed by atoms with Gasteiger partial charge in [0.15, 0.2) is 0 Å². The summed E-state index contributed by atoms with van der Waals surface area (Å²) in [5.74, 6) is -0.532. The molecule has 0 saturated carbocycles. The molecule has 11 heteroatoms. The molecule has 0 aliphatic carbocycles. The number of alkyl halides is 3. The normalized spacial score (nSPS) is 15.7. The highest BCUT2D eigenvalue weighted by atomic mass is 32.2. The highest BCUT2D eigenvalue weighted by Crippen LogP contribution is 2.32. The molecule has 1 fully saturated rings. The first-order valence-electron chi connectivity index (χ1n) is 9.66. The first kappa shape index (κ1) is 22.2. The fourth-order valence-corrected chi connectivity index (χ4v) is 4.93. The second kappa shape index (κ2) is 8.47. The zero-order valence-corrected chi connectivity index (χ0v) is 17.4. The highest BCUT2D eigenvalue weighted by Gasteiger charge is 2.32. The van der Waals surface area contributed by atoms with E-state index in [9.17, 15) is 26.0 Å². The zero-order valence-electron chi connectivity index (χ0n) is 16.6. The van der Waals surface area contributed by atoms with Crippen LogP contribution in [-0.2, 0) is 16.2 Å². The molecule has 0 spiro atoms. The second-order valence-electron chi connectivity index (χ2n) is 7.14. The first-order chi connectivity index (χ1) is 15.2. The van der Waals surface area contributed by atoms with Gasteiger partial charge in [-0.05, 0) is 30.3 Å². The number of anilines is 1. The fourth-order valence-electron chi connectivity index (χ4n) is 3.44. The smallest absolute Gasteiger partial charge is 0.338 e. The van der Waals surface area contributed by atoms with Gasteiger partial charge in [-0.15, -0.1) is 0 Å². The largest absolute Gasteiger partial charge is 0.416 e. The quantitative estimate of drug-likeness (QED) is 0.547. The monoisotopic (exact) mass is 466 g/mol. The summed E-state index contributed by atoms with van der Waals surface area (Å²) < 4.78 is 79.7. The molecule has 0 radical (unpaired) electrons. The molecule has 1 aliphatic rings. The van der Waals surface area contributed by atoms with Gasteiger partial charge in [0, 0.05) is 37.9 Å². The molecule has 3 aromatic rings. The van der Waals surface area contributed by atoms with Crippen molar-refractivity contribution in [2.24, 2.45) is 0 Å². The van der Waals surface area contributed by atoms with Crippen molar-refractivity contribution in [2.45, 2.75) is 11.1 Å². The Morgan fingerprint density at radius 3 is 2.31 bits per heavy atom. The average Bonchev–Trinajstić information content (AvgIpc) is 2.79. The minimum atomic E-state index is -4.47. The number of halogens is 4. The maximum atomic E-state index is 14.0. The van der Waals surface area contributed by atoms with Gasteiger partial charge in [-0.1, -0.05) is 24.3 Å². The van der Waals surface area contributed by atoms with Crippen LogP contribution in [0, 0.1) is 5.82 Å².